The van der Waals surface area contributed by atoms with E-state index in [2.05, 4.69) is 25.8 Å². The van der Waals surface area contributed by atoms with Crippen molar-refractivity contribution < 1.29 is 17.9 Å². The summed E-state index contributed by atoms with van der Waals surface area (Å²) >= 11 is 0. The predicted octanol–water partition coefficient (Wildman–Crippen LogP) is 2.57. The quantitative estimate of drug-likeness (QED) is 0.689. The molecule has 0 saturated carbocycles. The standard InChI is InChI=1S/C15H13F3N6O/c16-15(17,18)12-7-4-8-19-13(12)25-10-9-20-14-21-22-23-24(14)11-5-2-1-3-6-11/h1-8H,9-10H2,(H,20,21,23). The van der Waals surface area contributed by atoms with E-state index < -0.39 is 17.6 Å². The van der Waals surface area contributed by atoms with Crippen LogP contribution >= 0.6 is 0 Å². The number of tetrazole rings is 1. The Morgan fingerprint density at radius 2 is 1.88 bits per heavy atom. The molecule has 1 N–H and O–H groups in total. The lowest BCUT2D eigenvalue weighted by Gasteiger charge is -2.12. The zero-order valence-corrected chi connectivity index (χ0v) is 12.8. The Labute approximate surface area is 140 Å². The fourth-order valence-corrected chi connectivity index (χ4v) is 2.07. The minimum absolute atomic E-state index is 0.0399. The van der Waals surface area contributed by atoms with Crippen molar-refractivity contribution >= 4 is 5.95 Å². The largest absolute Gasteiger partial charge is 0.475 e. The van der Waals surface area contributed by atoms with Gasteiger partial charge in [0.25, 0.3) is 0 Å². The van der Waals surface area contributed by atoms with Gasteiger partial charge in [-0.25, -0.2) is 4.98 Å². The number of alkyl halides is 3. The summed E-state index contributed by atoms with van der Waals surface area (Å²) in [5.41, 5.74) is -0.163. The zero-order valence-electron chi connectivity index (χ0n) is 12.8. The Balaban J connectivity index is 1.60. The molecule has 0 spiro atoms. The fraction of sp³-hybridized carbons (Fsp3) is 0.200. The molecule has 0 saturated heterocycles. The molecule has 0 aliphatic rings. The van der Waals surface area contributed by atoms with Crippen molar-refractivity contribution in [3.63, 3.8) is 0 Å². The van der Waals surface area contributed by atoms with Crippen LogP contribution in [0.5, 0.6) is 5.88 Å². The van der Waals surface area contributed by atoms with Crippen molar-refractivity contribution in [3.8, 4) is 11.6 Å². The maximum Gasteiger partial charge on any atom is 0.421 e. The molecule has 7 nitrogen and oxygen atoms in total. The van der Waals surface area contributed by atoms with E-state index in [0.717, 1.165) is 11.8 Å². The second-order valence-corrected chi connectivity index (χ2v) is 4.88. The molecule has 2 heterocycles. The molecule has 0 bridgehead atoms. The van der Waals surface area contributed by atoms with Gasteiger partial charge in [-0.2, -0.15) is 17.9 Å². The second kappa shape index (κ2) is 7.16. The molecule has 0 amide bonds. The Morgan fingerprint density at radius 3 is 2.64 bits per heavy atom. The molecule has 25 heavy (non-hydrogen) atoms. The highest BCUT2D eigenvalue weighted by Crippen LogP contribution is 2.34. The van der Waals surface area contributed by atoms with Crippen LogP contribution in [0.15, 0.2) is 48.7 Å². The average molecular weight is 350 g/mol. The molecule has 10 heteroatoms. The Kier molecular flexibility index (Phi) is 4.78. The number of nitrogens with zero attached hydrogens (tertiary/aromatic N) is 5. The van der Waals surface area contributed by atoms with Crippen molar-refractivity contribution in [1.82, 2.24) is 25.2 Å². The highest BCUT2D eigenvalue weighted by molar-refractivity contribution is 5.38. The van der Waals surface area contributed by atoms with E-state index in [1.807, 2.05) is 30.3 Å². The molecule has 0 radical (unpaired) electrons. The van der Waals surface area contributed by atoms with Crippen LogP contribution in [-0.2, 0) is 6.18 Å². The number of pyridine rings is 1. The first kappa shape index (κ1) is 16.7. The van der Waals surface area contributed by atoms with Gasteiger partial charge in [0.15, 0.2) is 0 Å². The van der Waals surface area contributed by atoms with Crippen LogP contribution in [0.4, 0.5) is 19.1 Å². The third-order valence-electron chi connectivity index (χ3n) is 3.17. The van der Waals surface area contributed by atoms with Gasteiger partial charge in [0, 0.05) is 6.20 Å². The van der Waals surface area contributed by atoms with E-state index in [4.69, 9.17) is 4.74 Å². The number of hydrogen-bond acceptors (Lipinski definition) is 6. The zero-order chi connectivity index (χ0) is 17.7. The first-order chi connectivity index (χ1) is 12.1. The van der Waals surface area contributed by atoms with Crippen LogP contribution in [0.3, 0.4) is 0 Å². The molecule has 0 unspecified atom stereocenters. The van der Waals surface area contributed by atoms with Crippen molar-refractivity contribution in [1.29, 1.82) is 0 Å². The smallest absolute Gasteiger partial charge is 0.421 e. The van der Waals surface area contributed by atoms with Gasteiger partial charge in [0.2, 0.25) is 11.8 Å². The van der Waals surface area contributed by atoms with E-state index in [1.165, 1.54) is 16.9 Å². The fourth-order valence-electron chi connectivity index (χ4n) is 2.07. The Bertz CT molecular complexity index is 821. The normalized spacial score (nSPS) is 11.3. The first-order valence-corrected chi connectivity index (χ1v) is 7.28. The van der Waals surface area contributed by atoms with Crippen molar-refractivity contribution in [2.45, 2.75) is 6.18 Å². The molecule has 1 aromatic carbocycles. The second-order valence-electron chi connectivity index (χ2n) is 4.88. The van der Waals surface area contributed by atoms with Crippen LogP contribution < -0.4 is 10.1 Å². The van der Waals surface area contributed by atoms with Gasteiger partial charge in [-0.05, 0) is 34.7 Å². The summed E-state index contributed by atoms with van der Waals surface area (Å²) < 4.78 is 45.2. The summed E-state index contributed by atoms with van der Waals surface area (Å²) in [5.74, 6) is -0.105. The van der Waals surface area contributed by atoms with Crippen LogP contribution in [-0.4, -0.2) is 38.3 Å². The number of anilines is 1. The number of rotatable bonds is 6. The molecule has 3 rings (SSSR count). The summed E-state index contributed by atoms with van der Waals surface area (Å²) in [5, 5.41) is 14.2. The topological polar surface area (TPSA) is 77.8 Å². The molecule has 2 aromatic heterocycles. The van der Waals surface area contributed by atoms with E-state index in [9.17, 15) is 13.2 Å². The Morgan fingerprint density at radius 1 is 1.08 bits per heavy atom. The minimum Gasteiger partial charge on any atom is -0.475 e. The molecule has 0 fully saturated rings. The molecular formula is C15H13F3N6O. The van der Waals surface area contributed by atoms with Crippen molar-refractivity contribution in [3.05, 3.63) is 54.2 Å². The highest BCUT2D eigenvalue weighted by Gasteiger charge is 2.34. The van der Waals surface area contributed by atoms with Crippen LogP contribution in [0.25, 0.3) is 5.69 Å². The average Bonchev–Trinajstić information content (AvgIpc) is 3.07. The van der Waals surface area contributed by atoms with Gasteiger partial charge < -0.3 is 10.1 Å². The summed E-state index contributed by atoms with van der Waals surface area (Å²) in [6.45, 7) is 0.156. The van der Waals surface area contributed by atoms with Crippen LogP contribution in [0, 0.1) is 0 Å². The van der Waals surface area contributed by atoms with Gasteiger partial charge in [-0.3, -0.25) is 0 Å². The molecule has 3 aromatic rings. The van der Waals surface area contributed by atoms with E-state index >= 15 is 0 Å². The number of ether oxygens (including phenoxy) is 1. The predicted molar refractivity (Wildman–Crippen MR) is 82.4 cm³/mol. The van der Waals surface area contributed by atoms with Gasteiger partial charge in [0.1, 0.15) is 12.2 Å². The van der Waals surface area contributed by atoms with E-state index in [-0.39, 0.29) is 13.2 Å². The molecular weight excluding hydrogens is 337 g/mol. The minimum atomic E-state index is -4.52. The van der Waals surface area contributed by atoms with Gasteiger partial charge in [-0.15, -0.1) is 0 Å². The molecule has 0 atom stereocenters. The molecule has 0 aliphatic heterocycles. The SMILES string of the molecule is FC(F)(F)c1cccnc1OCCNc1nnnn1-c1ccccc1. The maximum absolute atomic E-state index is 12.9. The lowest BCUT2D eigenvalue weighted by Crippen LogP contribution is -2.17. The van der Waals surface area contributed by atoms with Crippen molar-refractivity contribution in [2.75, 3.05) is 18.5 Å². The first-order valence-electron chi connectivity index (χ1n) is 7.28. The number of nitrogens with one attached hydrogen (secondary N) is 1. The van der Waals surface area contributed by atoms with E-state index in [0.29, 0.717) is 5.95 Å². The highest BCUT2D eigenvalue weighted by atomic mass is 19.4. The molecule has 0 aliphatic carbocycles. The van der Waals surface area contributed by atoms with Crippen molar-refractivity contribution in [2.24, 2.45) is 0 Å². The summed E-state index contributed by atoms with van der Waals surface area (Å²) in [6.07, 6.45) is -3.28. The van der Waals surface area contributed by atoms with Crippen LogP contribution in [0.1, 0.15) is 5.56 Å². The summed E-state index contributed by atoms with van der Waals surface area (Å²) in [6, 6.07) is 11.3. The summed E-state index contributed by atoms with van der Waals surface area (Å²) in [7, 11) is 0. The number of halogens is 3. The van der Waals surface area contributed by atoms with E-state index in [1.54, 1.807) is 0 Å². The van der Waals surface area contributed by atoms with Crippen LogP contribution in [0.2, 0.25) is 0 Å². The third kappa shape index (κ3) is 4.03. The number of para-hydroxylation sites is 1. The number of aromatic nitrogens is 5. The monoisotopic (exact) mass is 350 g/mol. The number of hydrogen-bond donors (Lipinski definition) is 1. The lowest BCUT2D eigenvalue weighted by molar-refractivity contribution is -0.139. The third-order valence-corrected chi connectivity index (χ3v) is 3.17. The van der Waals surface area contributed by atoms with Gasteiger partial charge in [-0.1, -0.05) is 23.3 Å². The lowest BCUT2D eigenvalue weighted by atomic mass is 10.2. The maximum atomic E-state index is 12.9. The number of benzene rings is 1. The Hall–Kier alpha value is -3.17. The molecule has 130 valence electrons. The van der Waals surface area contributed by atoms with Gasteiger partial charge >= 0.3 is 6.18 Å². The van der Waals surface area contributed by atoms with Gasteiger partial charge in [0.05, 0.1) is 12.2 Å². The summed E-state index contributed by atoms with van der Waals surface area (Å²) in [4.78, 5) is 3.63.